The Morgan fingerprint density at radius 2 is 1.62 bits per heavy atom. The lowest BCUT2D eigenvalue weighted by molar-refractivity contribution is -0.132. The number of benzene rings is 1. The molecule has 9 nitrogen and oxygen atoms in total. The Morgan fingerprint density at radius 3 is 2.17 bits per heavy atom. The van der Waals surface area contributed by atoms with Crippen molar-refractivity contribution in [3.63, 3.8) is 0 Å². The minimum absolute atomic E-state index is 0.00291. The number of primary sulfonamides is 1. The molecule has 10 heteroatoms. The number of sulfonamides is 1. The van der Waals surface area contributed by atoms with Gasteiger partial charge in [-0.15, -0.1) is 0 Å². The lowest BCUT2D eigenvalue weighted by atomic mass is 10.2. The summed E-state index contributed by atoms with van der Waals surface area (Å²) in [5.74, 6) is 0.0413. The number of carbonyl (C=O) groups is 2. The quantitative estimate of drug-likeness (QED) is 0.660. The van der Waals surface area contributed by atoms with Gasteiger partial charge in [0, 0.05) is 45.0 Å². The maximum Gasteiger partial charge on any atom is 0.241 e. The highest BCUT2D eigenvalue weighted by Gasteiger charge is 2.27. The number of nitrogens with one attached hydrogen (secondary N) is 1. The highest BCUT2D eigenvalue weighted by molar-refractivity contribution is 7.89. The van der Waals surface area contributed by atoms with Crippen molar-refractivity contribution in [3.05, 3.63) is 24.3 Å². The number of carbonyl (C=O) groups excluding carboxylic acids is 2. The van der Waals surface area contributed by atoms with Crippen LogP contribution in [0.1, 0.15) is 19.8 Å². The van der Waals surface area contributed by atoms with Gasteiger partial charge in [0.05, 0.1) is 17.5 Å². The third-order valence-electron chi connectivity index (χ3n) is 5.60. The van der Waals surface area contributed by atoms with E-state index in [1.54, 1.807) is 0 Å². The normalized spacial score (nSPS) is 19.9. The van der Waals surface area contributed by atoms with Crippen LogP contribution in [0.4, 0.5) is 5.69 Å². The van der Waals surface area contributed by atoms with E-state index in [1.165, 1.54) is 24.3 Å². The van der Waals surface area contributed by atoms with Gasteiger partial charge in [0.1, 0.15) is 0 Å². The van der Waals surface area contributed by atoms with Crippen molar-refractivity contribution in [2.45, 2.75) is 30.7 Å². The minimum Gasteiger partial charge on any atom is -0.342 e. The molecule has 1 atom stereocenters. The van der Waals surface area contributed by atoms with E-state index in [-0.39, 0.29) is 22.8 Å². The molecule has 2 fully saturated rings. The van der Waals surface area contributed by atoms with Crippen molar-refractivity contribution in [1.29, 1.82) is 0 Å². The summed E-state index contributed by atoms with van der Waals surface area (Å²) in [6.07, 6.45) is 2.19. The van der Waals surface area contributed by atoms with Crippen molar-refractivity contribution in [3.8, 4) is 0 Å². The van der Waals surface area contributed by atoms with Crippen LogP contribution in [0, 0.1) is 0 Å². The number of nitrogens with two attached hydrogens (primary N) is 1. The molecule has 0 bridgehead atoms. The van der Waals surface area contributed by atoms with E-state index < -0.39 is 10.0 Å². The number of anilines is 1. The molecule has 0 saturated carbocycles. The standard InChI is InChI=1S/C19H29N5O4S/c1-15(19(26)21-16-4-6-17(7-5-16)29(20,27)28)23-12-10-22(11-13-23)14-18(25)24-8-2-3-9-24/h4-7,15H,2-3,8-14H2,1H3,(H,21,26)(H2,20,27,28). The lowest BCUT2D eigenvalue weighted by Gasteiger charge is -2.37. The van der Waals surface area contributed by atoms with Crippen LogP contribution in [-0.4, -0.2) is 86.8 Å². The Kier molecular flexibility index (Phi) is 6.89. The topological polar surface area (TPSA) is 116 Å². The summed E-state index contributed by atoms with van der Waals surface area (Å²) < 4.78 is 22.6. The van der Waals surface area contributed by atoms with Gasteiger partial charge in [-0.1, -0.05) is 0 Å². The lowest BCUT2D eigenvalue weighted by Crippen LogP contribution is -2.54. The van der Waals surface area contributed by atoms with Gasteiger partial charge in [-0.05, 0) is 44.0 Å². The first-order chi connectivity index (χ1) is 13.7. The van der Waals surface area contributed by atoms with E-state index in [4.69, 9.17) is 5.14 Å². The second-order valence-corrected chi connectivity index (χ2v) is 9.20. The Hall–Kier alpha value is -2.01. The van der Waals surface area contributed by atoms with Crippen molar-refractivity contribution in [1.82, 2.24) is 14.7 Å². The molecule has 1 aromatic carbocycles. The fourth-order valence-corrected chi connectivity index (χ4v) is 4.22. The molecular formula is C19H29N5O4S. The zero-order valence-corrected chi connectivity index (χ0v) is 17.5. The van der Waals surface area contributed by atoms with Crippen molar-refractivity contribution < 1.29 is 18.0 Å². The van der Waals surface area contributed by atoms with Gasteiger partial charge in [0.15, 0.2) is 0 Å². The largest absolute Gasteiger partial charge is 0.342 e. The Morgan fingerprint density at radius 1 is 1.03 bits per heavy atom. The number of rotatable bonds is 6. The van der Waals surface area contributed by atoms with E-state index in [9.17, 15) is 18.0 Å². The maximum atomic E-state index is 12.6. The van der Waals surface area contributed by atoms with Gasteiger partial charge in [-0.3, -0.25) is 19.4 Å². The first kappa shape index (κ1) is 21.7. The van der Waals surface area contributed by atoms with Crippen LogP contribution in [0.15, 0.2) is 29.2 Å². The van der Waals surface area contributed by atoms with Crippen LogP contribution in [0.2, 0.25) is 0 Å². The summed E-state index contributed by atoms with van der Waals surface area (Å²) in [4.78, 5) is 31.0. The summed E-state index contributed by atoms with van der Waals surface area (Å²) in [5, 5.41) is 7.89. The predicted octanol–water partition coefficient (Wildman–Crippen LogP) is -0.0990. The van der Waals surface area contributed by atoms with Gasteiger partial charge in [-0.2, -0.15) is 0 Å². The molecule has 29 heavy (non-hydrogen) atoms. The van der Waals surface area contributed by atoms with Gasteiger partial charge >= 0.3 is 0 Å². The van der Waals surface area contributed by atoms with Crippen molar-refractivity contribution in [2.75, 3.05) is 51.1 Å². The predicted molar refractivity (Wildman–Crippen MR) is 110 cm³/mol. The summed E-state index contributed by atoms with van der Waals surface area (Å²) >= 11 is 0. The maximum absolute atomic E-state index is 12.6. The highest BCUT2D eigenvalue weighted by atomic mass is 32.2. The number of hydrogen-bond acceptors (Lipinski definition) is 6. The zero-order valence-electron chi connectivity index (χ0n) is 16.7. The number of likely N-dealkylation sites (tertiary alicyclic amines) is 1. The molecule has 3 N–H and O–H groups in total. The summed E-state index contributed by atoms with van der Waals surface area (Å²) in [5.41, 5.74) is 0.518. The van der Waals surface area contributed by atoms with Crippen LogP contribution in [0.3, 0.4) is 0 Å². The van der Waals surface area contributed by atoms with Crippen LogP contribution in [-0.2, 0) is 19.6 Å². The Balaban J connectivity index is 1.46. The van der Waals surface area contributed by atoms with Gasteiger partial charge in [0.25, 0.3) is 0 Å². The SMILES string of the molecule is CC(C(=O)Nc1ccc(S(N)(=O)=O)cc1)N1CCN(CC(=O)N2CCCC2)CC1. The molecule has 2 amide bonds. The zero-order chi connectivity index (χ0) is 21.0. The molecular weight excluding hydrogens is 394 g/mol. The second-order valence-electron chi connectivity index (χ2n) is 7.63. The first-order valence-corrected chi connectivity index (χ1v) is 11.5. The number of hydrogen-bond donors (Lipinski definition) is 2. The average Bonchev–Trinajstić information content (AvgIpc) is 3.23. The van der Waals surface area contributed by atoms with Crippen LogP contribution >= 0.6 is 0 Å². The van der Waals surface area contributed by atoms with Gasteiger partial charge in [0.2, 0.25) is 21.8 Å². The van der Waals surface area contributed by atoms with E-state index >= 15 is 0 Å². The van der Waals surface area contributed by atoms with E-state index in [2.05, 4.69) is 15.1 Å². The minimum atomic E-state index is -3.75. The Labute approximate surface area is 171 Å². The molecule has 0 aliphatic carbocycles. The fourth-order valence-electron chi connectivity index (χ4n) is 3.71. The molecule has 1 unspecified atom stereocenters. The molecule has 2 aliphatic heterocycles. The first-order valence-electron chi connectivity index (χ1n) is 9.92. The van der Waals surface area contributed by atoms with Crippen LogP contribution in [0.5, 0.6) is 0 Å². The summed E-state index contributed by atoms with van der Waals surface area (Å²) in [7, 11) is -3.75. The third-order valence-corrected chi connectivity index (χ3v) is 6.53. The van der Waals surface area contributed by atoms with E-state index in [0.29, 0.717) is 25.3 Å². The summed E-state index contributed by atoms with van der Waals surface area (Å²) in [6, 6.07) is 5.44. The second kappa shape index (κ2) is 9.21. The number of piperazine rings is 1. The monoisotopic (exact) mass is 423 g/mol. The number of nitrogens with zero attached hydrogens (tertiary/aromatic N) is 3. The van der Waals surface area contributed by atoms with Crippen LogP contribution < -0.4 is 10.5 Å². The summed E-state index contributed by atoms with van der Waals surface area (Å²) in [6.45, 7) is 6.96. The Bertz CT molecular complexity index is 829. The molecule has 0 radical (unpaired) electrons. The highest BCUT2D eigenvalue weighted by Crippen LogP contribution is 2.15. The van der Waals surface area contributed by atoms with Gasteiger partial charge < -0.3 is 10.2 Å². The molecule has 2 aliphatic rings. The third kappa shape index (κ3) is 5.75. The molecule has 1 aromatic rings. The van der Waals surface area contributed by atoms with Crippen molar-refractivity contribution >= 4 is 27.5 Å². The smallest absolute Gasteiger partial charge is 0.241 e. The molecule has 0 spiro atoms. The van der Waals surface area contributed by atoms with E-state index in [0.717, 1.165) is 39.0 Å². The van der Waals surface area contributed by atoms with Crippen molar-refractivity contribution in [2.24, 2.45) is 5.14 Å². The number of amides is 2. The van der Waals surface area contributed by atoms with Gasteiger partial charge in [-0.25, -0.2) is 13.6 Å². The molecule has 160 valence electrons. The van der Waals surface area contributed by atoms with Crippen LogP contribution in [0.25, 0.3) is 0 Å². The molecule has 0 aromatic heterocycles. The molecule has 2 heterocycles. The molecule has 3 rings (SSSR count). The average molecular weight is 424 g/mol. The molecule has 2 saturated heterocycles. The fraction of sp³-hybridized carbons (Fsp3) is 0.579. The van der Waals surface area contributed by atoms with E-state index in [1.807, 2.05) is 11.8 Å².